The molecule has 0 aliphatic carbocycles. The minimum atomic E-state index is -0.305. The molecular weight excluding hydrogens is 156 g/mol. The van der Waals surface area contributed by atoms with E-state index in [1.807, 2.05) is 12.1 Å². The second-order valence-electron chi connectivity index (χ2n) is 2.14. The molecule has 1 N–H and O–H groups in total. The third kappa shape index (κ3) is 2.57. The van der Waals surface area contributed by atoms with Crippen molar-refractivity contribution in [1.29, 1.82) is 0 Å². The van der Waals surface area contributed by atoms with Crippen LogP contribution in [0.1, 0.15) is 0 Å². The van der Waals surface area contributed by atoms with Crippen LogP contribution in [0.3, 0.4) is 0 Å². The summed E-state index contributed by atoms with van der Waals surface area (Å²) in [5, 5.41) is 2.81. The first-order chi connectivity index (χ1) is 5.83. The maximum Gasteiger partial charge on any atom is 0.325 e. The molecule has 0 aliphatic heterocycles. The summed E-state index contributed by atoms with van der Waals surface area (Å²) in [6, 6.07) is 5.43. The van der Waals surface area contributed by atoms with Gasteiger partial charge in [0.05, 0.1) is 7.11 Å². The van der Waals surface area contributed by atoms with Gasteiger partial charge in [0.15, 0.2) is 0 Å². The first-order valence-corrected chi connectivity index (χ1v) is 3.54. The highest BCUT2D eigenvalue weighted by Crippen LogP contribution is 1.98. The van der Waals surface area contributed by atoms with Gasteiger partial charge in [-0.05, 0) is 12.1 Å². The van der Waals surface area contributed by atoms with Crippen molar-refractivity contribution in [2.45, 2.75) is 0 Å². The number of carbonyl (C=O) groups is 1. The Hall–Kier alpha value is -1.58. The summed E-state index contributed by atoms with van der Waals surface area (Å²) in [6.07, 6.45) is 1.65. The number of nitrogens with zero attached hydrogens (tertiary/aromatic N) is 1. The average molecular weight is 166 g/mol. The van der Waals surface area contributed by atoms with Gasteiger partial charge in [0.25, 0.3) is 0 Å². The fourth-order valence-electron chi connectivity index (χ4n) is 0.702. The Labute approximate surface area is 70.6 Å². The summed E-state index contributed by atoms with van der Waals surface area (Å²) in [4.78, 5) is 14.6. The number of esters is 1. The van der Waals surface area contributed by atoms with Crippen molar-refractivity contribution in [3.05, 3.63) is 24.4 Å². The first-order valence-electron chi connectivity index (χ1n) is 3.54. The van der Waals surface area contributed by atoms with Gasteiger partial charge in [0, 0.05) is 6.20 Å². The third-order valence-corrected chi connectivity index (χ3v) is 1.31. The minimum Gasteiger partial charge on any atom is -0.468 e. The predicted molar refractivity (Wildman–Crippen MR) is 44.7 cm³/mol. The second-order valence-corrected chi connectivity index (χ2v) is 2.14. The van der Waals surface area contributed by atoms with Crippen LogP contribution in [0, 0.1) is 0 Å². The molecular formula is C8H10N2O2. The number of carbonyl (C=O) groups excluding carboxylic acids is 1. The van der Waals surface area contributed by atoms with E-state index in [2.05, 4.69) is 15.0 Å². The van der Waals surface area contributed by atoms with E-state index in [1.54, 1.807) is 12.3 Å². The van der Waals surface area contributed by atoms with E-state index in [-0.39, 0.29) is 12.5 Å². The number of anilines is 1. The maximum absolute atomic E-state index is 10.7. The van der Waals surface area contributed by atoms with Crippen LogP contribution in [0.2, 0.25) is 0 Å². The topological polar surface area (TPSA) is 51.2 Å². The Balaban J connectivity index is 2.38. The van der Waals surface area contributed by atoms with E-state index in [0.29, 0.717) is 5.82 Å². The lowest BCUT2D eigenvalue weighted by Gasteiger charge is -2.02. The van der Waals surface area contributed by atoms with Crippen molar-refractivity contribution in [2.75, 3.05) is 19.0 Å². The lowest BCUT2D eigenvalue weighted by molar-refractivity contribution is -0.138. The smallest absolute Gasteiger partial charge is 0.325 e. The summed E-state index contributed by atoms with van der Waals surface area (Å²) in [5.74, 6) is 0.364. The van der Waals surface area contributed by atoms with E-state index in [9.17, 15) is 4.79 Å². The molecule has 0 spiro atoms. The molecule has 1 aromatic rings. The van der Waals surface area contributed by atoms with Crippen LogP contribution < -0.4 is 5.32 Å². The number of pyridine rings is 1. The molecule has 0 saturated carbocycles. The third-order valence-electron chi connectivity index (χ3n) is 1.31. The highest BCUT2D eigenvalue weighted by Gasteiger charge is 1.98. The zero-order chi connectivity index (χ0) is 8.81. The van der Waals surface area contributed by atoms with Crippen LogP contribution in [0.5, 0.6) is 0 Å². The summed E-state index contributed by atoms with van der Waals surface area (Å²) < 4.78 is 4.44. The predicted octanol–water partition coefficient (Wildman–Crippen LogP) is 0.666. The van der Waals surface area contributed by atoms with Gasteiger partial charge in [-0.15, -0.1) is 0 Å². The fourth-order valence-corrected chi connectivity index (χ4v) is 0.702. The van der Waals surface area contributed by atoms with Crippen molar-refractivity contribution in [1.82, 2.24) is 4.98 Å². The summed E-state index contributed by atoms with van der Waals surface area (Å²) in [7, 11) is 1.35. The largest absolute Gasteiger partial charge is 0.468 e. The monoisotopic (exact) mass is 166 g/mol. The van der Waals surface area contributed by atoms with Crippen molar-refractivity contribution in [3.63, 3.8) is 0 Å². The second kappa shape index (κ2) is 4.33. The molecule has 1 heterocycles. The quantitative estimate of drug-likeness (QED) is 0.670. The van der Waals surface area contributed by atoms with Gasteiger partial charge in [-0.25, -0.2) is 4.98 Å². The number of methoxy groups -OCH3 is 1. The van der Waals surface area contributed by atoms with Crippen LogP contribution in [-0.2, 0) is 9.53 Å². The molecule has 1 rings (SSSR count). The summed E-state index contributed by atoms with van der Waals surface area (Å²) in [6.45, 7) is 0.146. The molecule has 4 nitrogen and oxygen atoms in total. The van der Waals surface area contributed by atoms with E-state index in [1.165, 1.54) is 7.11 Å². The molecule has 0 radical (unpaired) electrons. The number of hydrogen-bond acceptors (Lipinski definition) is 4. The molecule has 0 amide bonds. The molecule has 64 valence electrons. The standard InChI is InChI=1S/C8H10N2O2/c1-12-8(11)6-10-7-4-2-3-5-9-7/h2-5H,6H2,1H3,(H,9,10). The van der Waals surface area contributed by atoms with Gasteiger partial charge >= 0.3 is 5.97 Å². The van der Waals surface area contributed by atoms with E-state index >= 15 is 0 Å². The number of nitrogens with one attached hydrogen (secondary N) is 1. The molecule has 12 heavy (non-hydrogen) atoms. The van der Waals surface area contributed by atoms with E-state index < -0.39 is 0 Å². The molecule has 0 atom stereocenters. The van der Waals surface area contributed by atoms with E-state index in [0.717, 1.165) is 0 Å². The molecule has 4 heteroatoms. The SMILES string of the molecule is COC(=O)CNc1ccccn1. The Morgan fingerprint density at radius 3 is 3.08 bits per heavy atom. The lowest BCUT2D eigenvalue weighted by atomic mass is 10.4. The maximum atomic E-state index is 10.7. The normalized spacial score (nSPS) is 9.08. The number of hydrogen-bond donors (Lipinski definition) is 1. The lowest BCUT2D eigenvalue weighted by Crippen LogP contribution is -2.15. The summed E-state index contributed by atoms with van der Waals surface area (Å²) >= 11 is 0. The van der Waals surface area contributed by atoms with Crippen LogP contribution in [0.15, 0.2) is 24.4 Å². The summed E-state index contributed by atoms with van der Waals surface area (Å²) in [5.41, 5.74) is 0. The molecule has 0 bridgehead atoms. The van der Waals surface area contributed by atoms with Crippen LogP contribution in [0.25, 0.3) is 0 Å². The van der Waals surface area contributed by atoms with Crippen molar-refractivity contribution < 1.29 is 9.53 Å². The van der Waals surface area contributed by atoms with Crippen molar-refractivity contribution in [2.24, 2.45) is 0 Å². The van der Waals surface area contributed by atoms with Gasteiger partial charge in [0.1, 0.15) is 12.4 Å². The Morgan fingerprint density at radius 1 is 1.67 bits per heavy atom. The Bertz CT molecular complexity index is 248. The Kier molecular flexibility index (Phi) is 3.07. The van der Waals surface area contributed by atoms with E-state index in [4.69, 9.17) is 0 Å². The zero-order valence-corrected chi connectivity index (χ0v) is 6.78. The molecule has 0 fully saturated rings. The fraction of sp³-hybridized carbons (Fsp3) is 0.250. The molecule has 0 aliphatic rings. The highest BCUT2D eigenvalue weighted by molar-refractivity contribution is 5.74. The first kappa shape index (κ1) is 8.52. The van der Waals surface area contributed by atoms with Gasteiger partial charge in [-0.2, -0.15) is 0 Å². The van der Waals surface area contributed by atoms with Crippen molar-refractivity contribution >= 4 is 11.8 Å². The minimum absolute atomic E-state index is 0.146. The highest BCUT2D eigenvalue weighted by atomic mass is 16.5. The van der Waals surface area contributed by atoms with Crippen molar-refractivity contribution in [3.8, 4) is 0 Å². The molecule has 0 saturated heterocycles. The van der Waals surface area contributed by atoms with Gasteiger partial charge in [0.2, 0.25) is 0 Å². The number of aromatic nitrogens is 1. The molecule has 1 aromatic heterocycles. The number of rotatable bonds is 3. The molecule has 0 unspecified atom stereocenters. The molecule has 0 aromatic carbocycles. The average Bonchev–Trinajstić information content (AvgIpc) is 2.16. The van der Waals surface area contributed by atoms with Gasteiger partial charge in [-0.3, -0.25) is 4.79 Å². The van der Waals surface area contributed by atoms with Gasteiger partial charge in [-0.1, -0.05) is 6.07 Å². The van der Waals surface area contributed by atoms with Gasteiger partial charge < -0.3 is 10.1 Å². The van der Waals surface area contributed by atoms with Crippen LogP contribution in [-0.4, -0.2) is 24.6 Å². The Morgan fingerprint density at radius 2 is 2.50 bits per heavy atom. The van der Waals surface area contributed by atoms with Crippen LogP contribution >= 0.6 is 0 Å². The number of ether oxygens (including phenoxy) is 1. The zero-order valence-electron chi connectivity index (χ0n) is 6.78. The van der Waals surface area contributed by atoms with Crippen LogP contribution in [0.4, 0.5) is 5.82 Å².